The average molecular weight is 196 g/mol. The second kappa shape index (κ2) is 3.68. The molecule has 1 aromatic heterocycles. The summed E-state index contributed by atoms with van der Waals surface area (Å²) in [5.74, 6) is 1.86. The van der Waals surface area contributed by atoms with Crippen LogP contribution in [-0.4, -0.2) is 6.54 Å². The van der Waals surface area contributed by atoms with Crippen LogP contribution in [0.2, 0.25) is 0 Å². The van der Waals surface area contributed by atoms with Crippen molar-refractivity contribution in [1.29, 1.82) is 0 Å². The summed E-state index contributed by atoms with van der Waals surface area (Å²) < 4.78 is 0. The van der Waals surface area contributed by atoms with E-state index >= 15 is 0 Å². The van der Waals surface area contributed by atoms with E-state index in [1.54, 1.807) is 11.3 Å². The molecule has 1 aliphatic carbocycles. The number of rotatable bonds is 4. The van der Waals surface area contributed by atoms with Gasteiger partial charge in [-0.25, -0.2) is 0 Å². The second-order valence-electron chi connectivity index (χ2n) is 3.90. The van der Waals surface area contributed by atoms with Crippen molar-refractivity contribution in [1.82, 2.24) is 5.32 Å². The number of hydrogen-bond donors (Lipinski definition) is 2. The van der Waals surface area contributed by atoms with E-state index in [0.29, 0.717) is 0 Å². The van der Waals surface area contributed by atoms with Crippen LogP contribution in [0.1, 0.15) is 18.2 Å². The van der Waals surface area contributed by atoms with Crippen molar-refractivity contribution >= 4 is 17.0 Å². The molecule has 2 nitrogen and oxygen atoms in total. The van der Waals surface area contributed by atoms with Crippen LogP contribution >= 0.6 is 11.3 Å². The van der Waals surface area contributed by atoms with Gasteiger partial charge in [0.2, 0.25) is 0 Å². The first-order valence-corrected chi connectivity index (χ1v) is 5.68. The lowest BCUT2D eigenvalue weighted by molar-refractivity contribution is 0.616. The van der Waals surface area contributed by atoms with Gasteiger partial charge in [-0.1, -0.05) is 6.92 Å². The maximum atomic E-state index is 5.77. The van der Waals surface area contributed by atoms with Gasteiger partial charge in [-0.15, -0.1) is 11.3 Å². The molecule has 0 amide bonds. The molecule has 1 heterocycles. The zero-order chi connectivity index (χ0) is 9.26. The number of hydrogen-bond acceptors (Lipinski definition) is 3. The van der Waals surface area contributed by atoms with E-state index in [-0.39, 0.29) is 0 Å². The van der Waals surface area contributed by atoms with Crippen LogP contribution < -0.4 is 11.1 Å². The summed E-state index contributed by atoms with van der Waals surface area (Å²) in [5.41, 5.74) is 6.70. The highest BCUT2D eigenvalue weighted by Gasteiger charge is 2.31. The fourth-order valence-electron chi connectivity index (χ4n) is 1.55. The molecule has 0 aromatic carbocycles. The summed E-state index contributed by atoms with van der Waals surface area (Å²) >= 11 is 1.73. The van der Waals surface area contributed by atoms with Crippen LogP contribution in [0.4, 0.5) is 5.69 Å². The second-order valence-corrected chi connectivity index (χ2v) is 4.90. The quantitative estimate of drug-likeness (QED) is 0.773. The molecular formula is C10H16N2S. The standard InChI is InChI=1S/C10H16N2S/c1-7-4-8(7)5-12-6-10-9(11)2-3-13-10/h2-3,7-8,12H,4-6,11H2,1H3. The molecule has 1 saturated carbocycles. The fourth-order valence-corrected chi connectivity index (χ4v) is 2.32. The number of nitrogen functional groups attached to an aromatic ring is 1. The Morgan fingerprint density at radius 2 is 2.46 bits per heavy atom. The molecule has 3 heteroatoms. The van der Waals surface area contributed by atoms with Crippen LogP contribution in [0.25, 0.3) is 0 Å². The highest BCUT2D eigenvalue weighted by atomic mass is 32.1. The van der Waals surface area contributed by atoms with Gasteiger partial charge < -0.3 is 11.1 Å². The summed E-state index contributed by atoms with van der Waals surface area (Å²) in [6.45, 7) is 4.40. The van der Waals surface area contributed by atoms with Gasteiger partial charge in [0.15, 0.2) is 0 Å². The number of nitrogens with one attached hydrogen (secondary N) is 1. The van der Waals surface area contributed by atoms with Crippen molar-refractivity contribution in [3.05, 3.63) is 16.3 Å². The van der Waals surface area contributed by atoms with Crippen molar-refractivity contribution in [2.45, 2.75) is 19.9 Å². The molecular weight excluding hydrogens is 180 g/mol. The molecule has 3 N–H and O–H groups in total. The molecule has 0 bridgehead atoms. The van der Waals surface area contributed by atoms with Crippen LogP contribution in [-0.2, 0) is 6.54 Å². The van der Waals surface area contributed by atoms with Gasteiger partial charge in [0, 0.05) is 17.1 Å². The van der Waals surface area contributed by atoms with Crippen molar-refractivity contribution < 1.29 is 0 Å². The highest BCUT2D eigenvalue weighted by molar-refractivity contribution is 7.10. The first-order chi connectivity index (χ1) is 6.27. The molecule has 0 aliphatic heterocycles. The Morgan fingerprint density at radius 3 is 3.00 bits per heavy atom. The fraction of sp³-hybridized carbons (Fsp3) is 0.600. The molecule has 2 unspecified atom stereocenters. The van der Waals surface area contributed by atoms with Gasteiger partial charge in [0.05, 0.1) is 0 Å². The van der Waals surface area contributed by atoms with E-state index < -0.39 is 0 Å². The summed E-state index contributed by atoms with van der Waals surface area (Å²) in [6.07, 6.45) is 1.40. The molecule has 2 rings (SSSR count). The van der Waals surface area contributed by atoms with Crippen molar-refractivity contribution in [2.75, 3.05) is 12.3 Å². The summed E-state index contributed by atoms with van der Waals surface area (Å²) in [7, 11) is 0. The highest BCUT2D eigenvalue weighted by Crippen LogP contribution is 2.36. The van der Waals surface area contributed by atoms with Gasteiger partial charge in [-0.2, -0.15) is 0 Å². The SMILES string of the molecule is CC1CC1CNCc1sccc1N. The molecule has 1 aromatic rings. The van der Waals surface area contributed by atoms with Crippen LogP contribution in [0.3, 0.4) is 0 Å². The Bertz CT molecular complexity index is 282. The lowest BCUT2D eigenvalue weighted by Crippen LogP contribution is -2.16. The first-order valence-electron chi connectivity index (χ1n) is 4.80. The smallest absolute Gasteiger partial charge is 0.0468 e. The minimum absolute atomic E-state index is 0.918. The third-order valence-corrected chi connectivity index (χ3v) is 3.68. The summed E-state index contributed by atoms with van der Waals surface area (Å²) in [5, 5.41) is 5.50. The molecule has 0 radical (unpaired) electrons. The molecule has 0 saturated heterocycles. The average Bonchev–Trinajstić information content (AvgIpc) is 2.63. The molecule has 1 aliphatic rings. The minimum Gasteiger partial charge on any atom is -0.398 e. The lowest BCUT2D eigenvalue weighted by Gasteiger charge is -2.02. The summed E-state index contributed by atoms with van der Waals surface area (Å²) in [4.78, 5) is 1.27. The van der Waals surface area contributed by atoms with Gasteiger partial charge in [-0.3, -0.25) is 0 Å². The van der Waals surface area contributed by atoms with E-state index in [1.165, 1.54) is 11.3 Å². The Balaban J connectivity index is 1.71. The monoisotopic (exact) mass is 196 g/mol. The maximum absolute atomic E-state index is 5.77. The first kappa shape index (κ1) is 9.03. The van der Waals surface area contributed by atoms with E-state index in [0.717, 1.165) is 30.6 Å². The van der Waals surface area contributed by atoms with E-state index in [2.05, 4.69) is 12.2 Å². The number of thiophene rings is 1. The normalized spacial score (nSPS) is 26.2. The molecule has 1 fully saturated rings. The van der Waals surface area contributed by atoms with Crippen molar-refractivity contribution in [2.24, 2.45) is 11.8 Å². The van der Waals surface area contributed by atoms with Gasteiger partial charge >= 0.3 is 0 Å². The molecule has 0 spiro atoms. The van der Waals surface area contributed by atoms with Crippen LogP contribution in [0.15, 0.2) is 11.4 Å². The van der Waals surface area contributed by atoms with E-state index in [4.69, 9.17) is 5.73 Å². The Morgan fingerprint density at radius 1 is 1.69 bits per heavy atom. The van der Waals surface area contributed by atoms with Crippen molar-refractivity contribution in [3.63, 3.8) is 0 Å². The summed E-state index contributed by atoms with van der Waals surface area (Å²) in [6, 6.07) is 1.97. The lowest BCUT2D eigenvalue weighted by atomic mass is 10.3. The molecule has 72 valence electrons. The third-order valence-electron chi connectivity index (χ3n) is 2.75. The van der Waals surface area contributed by atoms with Gasteiger partial charge in [0.25, 0.3) is 0 Å². The minimum atomic E-state index is 0.918. The van der Waals surface area contributed by atoms with Crippen LogP contribution in [0, 0.1) is 11.8 Å². The Labute approximate surface area is 83.1 Å². The molecule has 13 heavy (non-hydrogen) atoms. The van der Waals surface area contributed by atoms with Crippen LogP contribution in [0.5, 0.6) is 0 Å². The maximum Gasteiger partial charge on any atom is 0.0468 e. The zero-order valence-corrected chi connectivity index (χ0v) is 8.73. The zero-order valence-electron chi connectivity index (χ0n) is 7.92. The topological polar surface area (TPSA) is 38.0 Å². The predicted octanol–water partition coefficient (Wildman–Crippen LogP) is 2.08. The molecule has 2 atom stereocenters. The van der Waals surface area contributed by atoms with Crippen molar-refractivity contribution in [3.8, 4) is 0 Å². The van der Waals surface area contributed by atoms with E-state index in [1.807, 2.05) is 11.4 Å². The number of nitrogens with two attached hydrogens (primary N) is 1. The third kappa shape index (κ3) is 2.23. The Kier molecular flexibility index (Phi) is 2.56. The van der Waals surface area contributed by atoms with Gasteiger partial charge in [-0.05, 0) is 36.2 Å². The van der Waals surface area contributed by atoms with E-state index in [9.17, 15) is 0 Å². The largest absolute Gasteiger partial charge is 0.398 e. The number of anilines is 1. The Hall–Kier alpha value is -0.540. The van der Waals surface area contributed by atoms with Gasteiger partial charge in [0.1, 0.15) is 0 Å². The predicted molar refractivity (Wildman–Crippen MR) is 57.7 cm³/mol.